The molecule has 0 heterocycles. The molecule has 0 spiro atoms. The standard InChI is InChI=1S/C12H13FO2/c1-15-12(14)10-5-9(6-10)8-3-2-4-11(13)7-8/h2-4,7,9-10H,5-6H2,1H3. The number of esters is 1. The first-order chi connectivity index (χ1) is 7.20. The fourth-order valence-corrected chi connectivity index (χ4v) is 2.01. The van der Waals surface area contributed by atoms with Gasteiger partial charge in [-0.05, 0) is 36.5 Å². The molecule has 0 amide bonds. The van der Waals surface area contributed by atoms with Crippen molar-refractivity contribution < 1.29 is 13.9 Å². The van der Waals surface area contributed by atoms with Crippen LogP contribution in [0.5, 0.6) is 0 Å². The number of carbonyl (C=O) groups is 1. The van der Waals surface area contributed by atoms with Crippen molar-refractivity contribution >= 4 is 5.97 Å². The molecule has 0 radical (unpaired) electrons. The van der Waals surface area contributed by atoms with E-state index < -0.39 is 0 Å². The lowest BCUT2D eigenvalue weighted by atomic mass is 9.71. The molecular weight excluding hydrogens is 195 g/mol. The van der Waals surface area contributed by atoms with Crippen LogP contribution < -0.4 is 0 Å². The Labute approximate surface area is 88.1 Å². The van der Waals surface area contributed by atoms with Crippen molar-refractivity contribution in [2.75, 3.05) is 7.11 Å². The minimum Gasteiger partial charge on any atom is -0.469 e. The quantitative estimate of drug-likeness (QED) is 0.698. The Hall–Kier alpha value is -1.38. The van der Waals surface area contributed by atoms with Crippen LogP contribution in [-0.4, -0.2) is 13.1 Å². The van der Waals surface area contributed by atoms with Crippen LogP contribution in [0.4, 0.5) is 4.39 Å². The molecule has 0 saturated heterocycles. The van der Waals surface area contributed by atoms with E-state index in [4.69, 9.17) is 0 Å². The third-order valence-electron chi connectivity index (χ3n) is 2.99. The Bertz CT molecular complexity index is 370. The maximum absolute atomic E-state index is 12.9. The van der Waals surface area contributed by atoms with Gasteiger partial charge in [-0.15, -0.1) is 0 Å². The third kappa shape index (κ3) is 2.01. The number of hydrogen-bond acceptors (Lipinski definition) is 2. The molecule has 0 N–H and O–H groups in total. The summed E-state index contributed by atoms with van der Waals surface area (Å²) in [5.41, 5.74) is 0.982. The molecule has 1 aliphatic carbocycles. The molecule has 2 nitrogen and oxygen atoms in total. The number of hydrogen-bond donors (Lipinski definition) is 0. The highest BCUT2D eigenvalue weighted by Crippen LogP contribution is 2.42. The van der Waals surface area contributed by atoms with Crippen LogP contribution in [0.15, 0.2) is 24.3 Å². The molecule has 1 aliphatic rings. The average molecular weight is 208 g/mol. The molecule has 1 saturated carbocycles. The number of rotatable bonds is 2. The molecule has 1 aromatic rings. The molecule has 0 bridgehead atoms. The van der Waals surface area contributed by atoms with E-state index in [0.717, 1.165) is 18.4 Å². The van der Waals surface area contributed by atoms with Gasteiger partial charge in [0.1, 0.15) is 5.82 Å². The van der Waals surface area contributed by atoms with Crippen LogP contribution in [0.25, 0.3) is 0 Å². The zero-order valence-electron chi connectivity index (χ0n) is 8.57. The van der Waals surface area contributed by atoms with E-state index in [1.807, 2.05) is 6.07 Å². The molecule has 0 aromatic heterocycles. The third-order valence-corrected chi connectivity index (χ3v) is 2.99. The first-order valence-corrected chi connectivity index (χ1v) is 5.04. The number of ether oxygens (including phenoxy) is 1. The van der Waals surface area contributed by atoms with E-state index in [1.165, 1.54) is 19.2 Å². The molecule has 2 rings (SSSR count). The highest BCUT2D eigenvalue weighted by atomic mass is 19.1. The van der Waals surface area contributed by atoms with Crippen LogP contribution in [-0.2, 0) is 9.53 Å². The number of benzene rings is 1. The van der Waals surface area contributed by atoms with Crippen molar-refractivity contribution in [1.82, 2.24) is 0 Å². The number of carbonyl (C=O) groups excluding carboxylic acids is 1. The summed E-state index contributed by atoms with van der Waals surface area (Å²) in [7, 11) is 1.40. The second-order valence-electron chi connectivity index (χ2n) is 3.94. The Morgan fingerprint density at radius 2 is 2.20 bits per heavy atom. The van der Waals surface area contributed by atoms with E-state index in [9.17, 15) is 9.18 Å². The second-order valence-corrected chi connectivity index (χ2v) is 3.94. The first-order valence-electron chi connectivity index (χ1n) is 5.04. The highest BCUT2D eigenvalue weighted by Gasteiger charge is 2.36. The molecule has 0 unspecified atom stereocenters. The molecule has 0 atom stereocenters. The summed E-state index contributed by atoms with van der Waals surface area (Å²) < 4.78 is 17.6. The SMILES string of the molecule is COC(=O)C1CC(c2cccc(F)c2)C1. The van der Waals surface area contributed by atoms with Gasteiger partial charge in [-0.2, -0.15) is 0 Å². The van der Waals surface area contributed by atoms with Gasteiger partial charge in [0, 0.05) is 0 Å². The van der Waals surface area contributed by atoms with Crippen molar-refractivity contribution in [2.24, 2.45) is 5.92 Å². The van der Waals surface area contributed by atoms with Gasteiger partial charge >= 0.3 is 5.97 Å². The Balaban J connectivity index is 1.97. The van der Waals surface area contributed by atoms with Crippen LogP contribution in [0.1, 0.15) is 24.3 Å². The predicted molar refractivity (Wildman–Crippen MR) is 53.9 cm³/mol. The van der Waals surface area contributed by atoms with Crippen LogP contribution in [0.3, 0.4) is 0 Å². The van der Waals surface area contributed by atoms with Crippen LogP contribution >= 0.6 is 0 Å². The number of methoxy groups -OCH3 is 1. The maximum Gasteiger partial charge on any atom is 0.308 e. The summed E-state index contributed by atoms with van der Waals surface area (Å²) in [5.74, 6) is -0.0512. The largest absolute Gasteiger partial charge is 0.469 e. The van der Waals surface area contributed by atoms with Crippen molar-refractivity contribution in [3.63, 3.8) is 0 Å². The molecule has 3 heteroatoms. The van der Waals surface area contributed by atoms with Crippen molar-refractivity contribution in [1.29, 1.82) is 0 Å². The fourth-order valence-electron chi connectivity index (χ4n) is 2.01. The topological polar surface area (TPSA) is 26.3 Å². The normalized spacial score (nSPS) is 24.4. The Morgan fingerprint density at radius 1 is 1.47 bits per heavy atom. The van der Waals surface area contributed by atoms with Gasteiger partial charge in [0.2, 0.25) is 0 Å². The first kappa shape index (κ1) is 10.1. The van der Waals surface area contributed by atoms with E-state index in [-0.39, 0.29) is 17.7 Å². The van der Waals surface area contributed by atoms with Crippen molar-refractivity contribution in [3.05, 3.63) is 35.6 Å². The van der Waals surface area contributed by atoms with Gasteiger partial charge in [-0.25, -0.2) is 4.39 Å². The Kier molecular flexibility index (Phi) is 2.71. The van der Waals surface area contributed by atoms with Crippen LogP contribution in [0, 0.1) is 11.7 Å². The summed E-state index contributed by atoms with van der Waals surface area (Å²) in [6, 6.07) is 6.58. The number of halogens is 1. The minimum absolute atomic E-state index is 0.00303. The molecular formula is C12H13FO2. The lowest BCUT2D eigenvalue weighted by Crippen LogP contribution is -2.29. The second kappa shape index (κ2) is 4.01. The lowest BCUT2D eigenvalue weighted by Gasteiger charge is -2.33. The monoisotopic (exact) mass is 208 g/mol. The lowest BCUT2D eigenvalue weighted by molar-refractivity contribution is -0.148. The Morgan fingerprint density at radius 3 is 2.80 bits per heavy atom. The summed E-state index contributed by atoms with van der Waals surface area (Å²) in [6.45, 7) is 0. The fraction of sp³-hybridized carbons (Fsp3) is 0.417. The molecule has 1 aromatic carbocycles. The van der Waals surface area contributed by atoms with Gasteiger partial charge < -0.3 is 4.74 Å². The van der Waals surface area contributed by atoms with Gasteiger partial charge in [-0.3, -0.25) is 4.79 Å². The smallest absolute Gasteiger partial charge is 0.308 e. The van der Waals surface area contributed by atoms with Crippen molar-refractivity contribution in [2.45, 2.75) is 18.8 Å². The van der Waals surface area contributed by atoms with E-state index >= 15 is 0 Å². The van der Waals surface area contributed by atoms with E-state index in [1.54, 1.807) is 6.07 Å². The zero-order chi connectivity index (χ0) is 10.8. The van der Waals surface area contributed by atoms with Crippen molar-refractivity contribution in [3.8, 4) is 0 Å². The molecule has 15 heavy (non-hydrogen) atoms. The summed E-state index contributed by atoms with van der Waals surface area (Å²) in [5, 5.41) is 0. The molecule has 80 valence electrons. The average Bonchev–Trinajstić information content (AvgIpc) is 2.15. The van der Waals surface area contributed by atoms with Gasteiger partial charge in [0.15, 0.2) is 0 Å². The van der Waals surface area contributed by atoms with E-state index in [0.29, 0.717) is 5.92 Å². The maximum atomic E-state index is 12.9. The predicted octanol–water partition coefficient (Wildman–Crippen LogP) is 2.49. The summed E-state index contributed by atoms with van der Waals surface area (Å²) in [4.78, 5) is 11.1. The minimum atomic E-state index is -0.214. The van der Waals surface area contributed by atoms with Gasteiger partial charge in [-0.1, -0.05) is 12.1 Å². The summed E-state index contributed by atoms with van der Waals surface area (Å²) in [6.07, 6.45) is 1.55. The van der Waals surface area contributed by atoms with E-state index in [2.05, 4.69) is 4.74 Å². The summed E-state index contributed by atoms with van der Waals surface area (Å²) >= 11 is 0. The molecule has 1 fully saturated rings. The van der Waals surface area contributed by atoms with Gasteiger partial charge in [0.05, 0.1) is 13.0 Å². The zero-order valence-corrected chi connectivity index (χ0v) is 8.57. The highest BCUT2D eigenvalue weighted by molar-refractivity contribution is 5.73. The molecule has 0 aliphatic heterocycles. The van der Waals surface area contributed by atoms with Crippen LogP contribution in [0.2, 0.25) is 0 Å². The van der Waals surface area contributed by atoms with Gasteiger partial charge in [0.25, 0.3) is 0 Å².